The van der Waals surface area contributed by atoms with Crippen LogP contribution in [0.3, 0.4) is 0 Å². The van der Waals surface area contributed by atoms with Gasteiger partial charge >= 0.3 is 0 Å². The van der Waals surface area contributed by atoms with Crippen LogP contribution in [0.1, 0.15) is 24.8 Å². The standard InChI is InChI=1S/C21H29N3O4S/c1-26-17-8-6-16(19(27-2)20(17)28-3)7-9-18(25)23-13-15-5-4-11-24(14-15)21-22-10-12-29-21/h6,8,10,12,15H,4-5,7,9,11,13-14H2,1-3H3,(H,23,25). The van der Waals surface area contributed by atoms with E-state index >= 15 is 0 Å². The number of hydrogen-bond donors (Lipinski definition) is 1. The molecule has 1 fully saturated rings. The zero-order valence-corrected chi connectivity index (χ0v) is 18.1. The Labute approximate surface area is 176 Å². The lowest BCUT2D eigenvalue weighted by Crippen LogP contribution is -2.41. The van der Waals surface area contributed by atoms with Gasteiger partial charge in [-0.15, -0.1) is 11.3 Å². The normalized spacial score (nSPS) is 16.4. The van der Waals surface area contributed by atoms with Crippen LogP contribution in [0.2, 0.25) is 0 Å². The quantitative estimate of drug-likeness (QED) is 0.673. The first-order chi connectivity index (χ1) is 14.2. The van der Waals surface area contributed by atoms with Crippen molar-refractivity contribution in [3.05, 3.63) is 29.3 Å². The van der Waals surface area contributed by atoms with Crippen molar-refractivity contribution in [3.8, 4) is 17.2 Å². The Balaban J connectivity index is 1.50. The lowest BCUT2D eigenvalue weighted by molar-refractivity contribution is -0.121. The number of hydrogen-bond acceptors (Lipinski definition) is 7. The highest BCUT2D eigenvalue weighted by Crippen LogP contribution is 2.40. The molecule has 29 heavy (non-hydrogen) atoms. The number of carbonyl (C=O) groups excluding carboxylic acids is 1. The Kier molecular flexibility index (Phi) is 7.57. The highest BCUT2D eigenvalue weighted by molar-refractivity contribution is 7.13. The number of thiazole rings is 1. The molecule has 1 aliphatic heterocycles. The van der Waals surface area contributed by atoms with Crippen molar-refractivity contribution in [2.45, 2.75) is 25.7 Å². The van der Waals surface area contributed by atoms with Gasteiger partial charge in [0.25, 0.3) is 0 Å². The smallest absolute Gasteiger partial charge is 0.220 e. The number of nitrogens with zero attached hydrogens (tertiary/aromatic N) is 2. The molecule has 1 atom stereocenters. The third kappa shape index (κ3) is 5.32. The number of anilines is 1. The lowest BCUT2D eigenvalue weighted by atomic mass is 9.98. The van der Waals surface area contributed by atoms with Crippen molar-refractivity contribution in [1.29, 1.82) is 0 Å². The molecule has 1 saturated heterocycles. The average Bonchev–Trinajstić information content (AvgIpc) is 3.30. The number of methoxy groups -OCH3 is 3. The minimum atomic E-state index is 0.0493. The molecule has 158 valence electrons. The number of piperidine rings is 1. The van der Waals surface area contributed by atoms with E-state index in [9.17, 15) is 4.79 Å². The fraction of sp³-hybridized carbons (Fsp3) is 0.524. The fourth-order valence-corrected chi connectivity index (χ4v) is 4.41. The Morgan fingerprint density at radius 1 is 1.24 bits per heavy atom. The third-order valence-corrected chi connectivity index (χ3v) is 6.04. The highest BCUT2D eigenvalue weighted by atomic mass is 32.1. The Hall–Kier alpha value is -2.48. The van der Waals surface area contributed by atoms with Gasteiger partial charge in [-0.25, -0.2) is 4.98 Å². The van der Waals surface area contributed by atoms with Gasteiger partial charge in [-0.1, -0.05) is 6.07 Å². The van der Waals surface area contributed by atoms with Crippen LogP contribution in [-0.2, 0) is 11.2 Å². The van der Waals surface area contributed by atoms with E-state index in [0.29, 0.717) is 42.6 Å². The summed E-state index contributed by atoms with van der Waals surface area (Å²) in [5, 5.41) is 6.17. The van der Waals surface area contributed by atoms with Crippen molar-refractivity contribution in [2.75, 3.05) is 45.9 Å². The number of carbonyl (C=O) groups is 1. The lowest BCUT2D eigenvalue weighted by Gasteiger charge is -2.32. The zero-order valence-electron chi connectivity index (χ0n) is 17.3. The van der Waals surface area contributed by atoms with Crippen LogP contribution in [0, 0.1) is 5.92 Å². The van der Waals surface area contributed by atoms with Crippen LogP contribution in [0.15, 0.2) is 23.7 Å². The summed E-state index contributed by atoms with van der Waals surface area (Å²) in [5.74, 6) is 2.28. The van der Waals surface area contributed by atoms with Gasteiger partial charge in [0, 0.05) is 37.6 Å². The van der Waals surface area contributed by atoms with Gasteiger partial charge in [0.2, 0.25) is 11.7 Å². The molecule has 1 aliphatic rings. The Morgan fingerprint density at radius 2 is 2.07 bits per heavy atom. The predicted molar refractivity (Wildman–Crippen MR) is 114 cm³/mol. The van der Waals surface area contributed by atoms with E-state index in [-0.39, 0.29) is 5.91 Å². The summed E-state index contributed by atoms with van der Waals surface area (Å²) in [6.45, 7) is 2.68. The summed E-state index contributed by atoms with van der Waals surface area (Å²) in [7, 11) is 4.76. The molecule has 0 radical (unpaired) electrons. The van der Waals surface area contributed by atoms with Crippen LogP contribution in [0.5, 0.6) is 17.2 Å². The van der Waals surface area contributed by atoms with Crippen LogP contribution < -0.4 is 24.4 Å². The second-order valence-corrected chi connectivity index (χ2v) is 7.94. The Bertz CT molecular complexity index is 797. The second-order valence-electron chi connectivity index (χ2n) is 7.07. The molecule has 8 heteroatoms. The maximum absolute atomic E-state index is 12.4. The molecule has 1 aromatic carbocycles. The van der Waals surface area contributed by atoms with Crippen molar-refractivity contribution in [2.24, 2.45) is 5.92 Å². The topological polar surface area (TPSA) is 72.9 Å². The SMILES string of the molecule is COc1ccc(CCC(=O)NCC2CCCN(c3nccs3)C2)c(OC)c1OC. The van der Waals surface area contributed by atoms with E-state index in [1.807, 2.05) is 23.7 Å². The summed E-state index contributed by atoms with van der Waals surface area (Å²) in [6, 6.07) is 3.75. The first-order valence-electron chi connectivity index (χ1n) is 9.85. The molecule has 0 bridgehead atoms. The van der Waals surface area contributed by atoms with Crippen LogP contribution in [-0.4, -0.2) is 51.9 Å². The van der Waals surface area contributed by atoms with E-state index in [1.54, 1.807) is 32.7 Å². The molecule has 2 aromatic rings. The zero-order chi connectivity index (χ0) is 20.6. The summed E-state index contributed by atoms with van der Waals surface area (Å²) in [5.41, 5.74) is 0.924. The number of aromatic nitrogens is 1. The molecule has 0 spiro atoms. The number of benzene rings is 1. The summed E-state index contributed by atoms with van der Waals surface area (Å²) in [4.78, 5) is 19.1. The van der Waals surface area contributed by atoms with E-state index in [1.165, 1.54) is 0 Å². The molecule has 2 heterocycles. The molecule has 1 N–H and O–H groups in total. The number of amides is 1. The summed E-state index contributed by atoms with van der Waals surface area (Å²) < 4.78 is 16.2. The van der Waals surface area contributed by atoms with Crippen molar-refractivity contribution in [1.82, 2.24) is 10.3 Å². The van der Waals surface area contributed by atoms with Crippen LogP contribution >= 0.6 is 11.3 Å². The van der Waals surface area contributed by atoms with Gasteiger partial charge in [-0.3, -0.25) is 4.79 Å². The number of rotatable bonds is 9. The monoisotopic (exact) mass is 419 g/mol. The molecule has 1 amide bonds. The van der Waals surface area contributed by atoms with Crippen LogP contribution in [0.25, 0.3) is 0 Å². The predicted octanol–water partition coefficient (Wildman–Crippen LogP) is 3.13. The van der Waals surface area contributed by atoms with Gasteiger partial charge < -0.3 is 24.4 Å². The van der Waals surface area contributed by atoms with Crippen LogP contribution in [0.4, 0.5) is 5.13 Å². The van der Waals surface area contributed by atoms with E-state index in [2.05, 4.69) is 15.2 Å². The highest BCUT2D eigenvalue weighted by Gasteiger charge is 2.22. The summed E-state index contributed by atoms with van der Waals surface area (Å²) >= 11 is 1.67. The van der Waals surface area contributed by atoms with Crippen molar-refractivity contribution >= 4 is 22.4 Å². The van der Waals surface area contributed by atoms with Gasteiger partial charge in [0.15, 0.2) is 16.6 Å². The fourth-order valence-electron chi connectivity index (χ4n) is 3.73. The molecular weight excluding hydrogens is 390 g/mol. The molecule has 3 rings (SSSR count). The van der Waals surface area contributed by atoms with Gasteiger partial charge in [0.1, 0.15) is 0 Å². The van der Waals surface area contributed by atoms with Crippen molar-refractivity contribution in [3.63, 3.8) is 0 Å². The van der Waals surface area contributed by atoms with E-state index < -0.39 is 0 Å². The maximum atomic E-state index is 12.4. The maximum Gasteiger partial charge on any atom is 0.220 e. The van der Waals surface area contributed by atoms with Gasteiger partial charge in [-0.2, -0.15) is 0 Å². The molecule has 1 aromatic heterocycles. The third-order valence-electron chi connectivity index (χ3n) is 5.20. The molecule has 0 aliphatic carbocycles. The minimum Gasteiger partial charge on any atom is -0.493 e. The van der Waals surface area contributed by atoms with E-state index in [0.717, 1.165) is 36.6 Å². The largest absolute Gasteiger partial charge is 0.493 e. The van der Waals surface area contributed by atoms with Crippen molar-refractivity contribution < 1.29 is 19.0 Å². The number of ether oxygens (including phenoxy) is 3. The van der Waals surface area contributed by atoms with E-state index in [4.69, 9.17) is 14.2 Å². The number of nitrogens with one attached hydrogen (secondary N) is 1. The first-order valence-corrected chi connectivity index (χ1v) is 10.7. The van der Waals surface area contributed by atoms with Gasteiger partial charge in [-0.05, 0) is 36.8 Å². The molecular formula is C21H29N3O4S. The second kappa shape index (κ2) is 10.3. The first kappa shape index (κ1) is 21.2. The molecule has 0 saturated carbocycles. The van der Waals surface area contributed by atoms with Gasteiger partial charge in [0.05, 0.1) is 21.3 Å². The minimum absolute atomic E-state index is 0.0493. The Morgan fingerprint density at radius 3 is 2.76 bits per heavy atom. The summed E-state index contributed by atoms with van der Waals surface area (Å²) in [6.07, 6.45) is 5.07. The molecule has 1 unspecified atom stereocenters. The average molecular weight is 420 g/mol. The molecule has 7 nitrogen and oxygen atoms in total. The number of aryl methyl sites for hydroxylation is 1.